The van der Waals surface area contributed by atoms with E-state index in [-0.39, 0.29) is 0 Å². The Kier molecular flexibility index (Phi) is 3.87. The second-order valence-corrected chi connectivity index (χ2v) is 6.38. The van der Waals surface area contributed by atoms with E-state index >= 15 is 0 Å². The zero-order valence-electron chi connectivity index (χ0n) is 11.3. The van der Waals surface area contributed by atoms with Gasteiger partial charge in [0, 0.05) is 24.5 Å². The Labute approximate surface area is 104 Å². The molecule has 0 aliphatic heterocycles. The number of nitrogens with one attached hydrogen (secondary N) is 2. The van der Waals surface area contributed by atoms with Crippen LogP contribution < -0.4 is 5.32 Å². The summed E-state index contributed by atoms with van der Waals surface area (Å²) in [5.74, 6) is 0.896. The summed E-state index contributed by atoms with van der Waals surface area (Å²) in [6.07, 6.45) is 7.17. The van der Waals surface area contributed by atoms with Crippen LogP contribution in [0, 0.1) is 11.3 Å². The lowest BCUT2D eigenvalue weighted by molar-refractivity contribution is 0.159. The summed E-state index contributed by atoms with van der Waals surface area (Å²) >= 11 is 0. The van der Waals surface area contributed by atoms with Gasteiger partial charge in [-0.2, -0.15) is 5.10 Å². The molecule has 3 heteroatoms. The Morgan fingerprint density at radius 1 is 1.29 bits per heavy atom. The highest BCUT2D eigenvalue weighted by molar-refractivity contribution is 4.97. The molecule has 1 aliphatic carbocycles. The maximum Gasteiger partial charge on any atom is 0.0490 e. The number of aromatic amines is 1. The second-order valence-electron chi connectivity index (χ2n) is 6.38. The molecular weight excluding hydrogens is 210 g/mol. The summed E-state index contributed by atoms with van der Waals surface area (Å²) in [5.41, 5.74) is 1.66. The van der Waals surface area contributed by atoms with Gasteiger partial charge in [0.25, 0.3) is 0 Å². The molecule has 0 spiro atoms. The third-order valence-corrected chi connectivity index (χ3v) is 4.09. The van der Waals surface area contributed by atoms with Gasteiger partial charge in [0.15, 0.2) is 0 Å². The van der Waals surface area contributed by atoms with Gasteiger partial charge >= 0.3 is 0 Å². The van der Waals surface area contributed by atoms with Crippen molar-refractivity contribution in [3.05, 3.63) is 18.0 Å². The Bertz CT molecular complexity index is 316. The Morgan fingerprint density at radius 3 is 2.53 bits per heavy atom. The van der Waals surface area contributed by atoms with Gasteiger partial charge in [0.1, 0.15) is 0 Å². The first kappa shape index (κ1) is 12.6. The van der Waals surface area contributed by atoms with Crippen molar-refractivity contribution in [1.82, 2.24) is 15.5 Å². The largest absolute Gasteiger partial charge is 0.308 e. The number of hydrogen-bond donors (Lipinski definition) is 2. The molecule has 0 amide bonds. The average molecular weight is 235 g/mol. The van der Waals surface area contributed by atoms with E-state index in [0.29, 0.717) is 11.5 Å². The number of rotatable bonds is 3. The number of hydrogen-bond acceptors (Lipinski definition) is 2. The van der Waals surface area contributed by atoms with Gasteiger partial charge in [-0.05, 0) is 43.1 Å². The summed E-state index contributed by atoms with van der Waals surface area (Å²) < 4.78 is 0. The molecule has 2 N–H and O–H groups in total. The topological polar surface area (TPSA) is 40.7 Å². The molecule has 3 nitrogen and oxygen atoms in total. The fraction of sp³-hybridized carbons (Fsp3) is 0.786. The lowest BCUT2D eigenvalue weighted by Gasteiger charge is -2.37. The standard InChI is InChI=1S/C14H25N3/c1-14(2,3)11-4-6-12(7-5-11)15-10-13-8-9-16-17-13/h8-9,11-12,15H,4-7,10H2,1-3H3,(H,16,17). The van der Waals surface area contributed by atoms with Gasteiger partial charge < -0.3 is 5.32 Å². The predicted molar refractivity (Wildman–Crippen MR) is 70.6 cm³/mol. The zero-order chi connectivity index (χ0) is 12.3. The van der Waals surface area contributed by atoms with E-state index in [9.17, 15) is 0 Å². The Morgan fingerprint density at radius 2 is 2.00 bits per heavy atom. The molecule has 0 bridgehead atoms. The van der Waals surface area contributed by atoms with E-state index in [0.717, 1.165) is 12.5 Å². The molecule has 0 atom stereocenters. The van der Waals surface area contributed by atoms with Gasteiger partial charge in [-0.25, -0.2) is 0 Å². The smallest absolute Gasteiger partial charge is 0.0490 e. The van der Waals surface area contributed by atoms with Crippen molar-refractivity contribution >= 4 is 0 Å². The maximum atomic E-state index is 3.97. The molecule has 1 aliphatic rings. The van der Waals surface area contributed by atoms with E-state index in [1.807, 2.05) is 12.3 Å². The molecule has 0 unspecified atom stereocenters. The van der Waals surface area contributed by atoms with E-state index in [1.165, 1.54) is 31.4 Å². The minimum Gasteiger partial charge on any atom is -0.308 e. The lowest BCUT2D eigenvalue weighted by Crippen LogP contribution is -2.35. The van der Waals surface area contributed by atoms with E-state index in [4.69, 9.17) is 0 Å². The average Bonchev–Trinajstić information content (AvgIpc) is 2.78. The first-order chi connectivity index (χ1) is 8.05. The van der Waals surface area contributed by atoms with Gasteiger partial charge in [0.2, 0.25) is 0 Å². The first-order valence-electron chi connectivity index (χ1n) is 6.77. The summed E-state index contributed by atoms with van der Waals surface area (Å²) in [7, 11) is 0. The summed E-state index contributed by atoms with van der Waals surface area (Å²) in [6, 6.07) is 2.73. The fourth-order valence-corrected chi connectivity index (χ4v) is 2.80. The molecule has 96 valence electrons. The lowest BCUT2D eigenvalue weighted by atomic mass is 9.71. The highest BCUT2D eigenvalue weighted by atomic mass is 15.1. The molecule has 1 saturated carbocycles. The predicted octanol–water partition coefficient (Wildman–Crippen LogP) is 3.10. The van der Waals surface area contributed by atoms with E-state index < -0.39 is 0 Å². The number of nitrogens with zero attached hydrogens (tertiary/aromatic N) is 1. The van der Waals surface area contributed by atoms with Crippen molar-refractivity contribution in [2.24, 2.45) is 11.3 Å². The molecule has 0 radical (unpaired) electrons. The third-order valence-electron chi connectivity index (χ3n) is 4.09. The highest BCUT2D eigenvalue weighted by Crippen LogP contribution is 2.37. The summed E-state index contributed by atoms with van der Waals surface area (Å²) in [6.45, 7) is 8.03. The molecule has 0 saturated heterocycles. The molecule has 17 heavy (non-hydrogen) atoms. The van der Waals surface area contributed by atoms with Crippen LogP contribution in [0.4, 0.5) is 0 Å². The number of aromatic nitrogens is 2. The Balaban J connectivity index is 1.72. The van der Waals surface area contributed by atoms with Crippen molar-refractivity contribution in [3.63, 3.8) is 0 Å². The molecular formula is C14H25N3. The van der Waals surface area contributed by atoms with E-state index in [1.54, 1.807) is 0 Å². The quantitative estimate of drug-likeness (QED) is 0.845. The van der Waals surface area contributed by atoms with Crippen LogP contribution in [0.2, 0.25) is 0 Å². The fourth-order valence-electron chi connectivity index (χ4n) is 2.80. The molecule has 0 aromatic carbocycles. The minimum absolute atomic E-state index is 0.481. The van der Waals surface area contributed by atoms with Gasteiger partial charge in [-0.1, -0.05) is 20.8 Å². The van der Waals surface area contributed by atoms with Gasteiger partial charge in [-0.15, -0.1) is 0 Å². The van der Waals surface area contributed by atoms with Crippen LogP contribution in [0.3, 0.4) is 0 Å². The number of H-pyrrole nitrogens is 1. The Hall–Kier alpha value is -0.830. The molecule has 2 rings (SSSR count). The van der Waals surface area contributed by atoms with E-state index in [2.05, 4.69) is 36.3 Å². The van der Waals surface area contributed by atoms with Crippen molar-refractivity contribution in [2.45, 2.75) is 59.0 Å². The molecule has 1 fully saturated rings. The normalized spacial score (nSPS) is 26.1. The SMILES string of the molecule is CC(C)(C)C1CCC(NCc2ccn[nH]2)CC1. The first-order valence-corrected chi connectivity index (χ1v) is 6.77. The van der Waals surface area contributed by atoms with Crippen molar-refractivity contribution < 1.29 is 0 Å². The maximum absolute atomic E-state index is 3.97. The highest BCUT2D eigenvalue weighted by Gasteiger charge is 2.29. The molecule has 1 aromatic rings. The van der Waals surface area contributed by atoms with Crippen LogP contribution in [0.25, 0.3) is 0 Å². The second kappa shape index (κ2) is 5.21. The summed E-state index contributed by atoms with van der Waals surface area (Å²) in [5, 5.41) is 10.6. The van der Waals surface area contributed by atoms with Gasteiger partial charge in [-0.3, -0.25) is 5.10 Å². The summed E-state index contributed by atoms with van der Waals surface area (Å²) in [4.78, 5) is 0. The monoisotopic (exact) mass is 235 g/mol. The van der Waals surface area contributed by atoms with Crippen molar-refractivity contribution in [2.75, 3.05) is 0 Å². The zero-order valence-corrected chi connectivity index (χ0v) is 11.3. The van der Waals surface area contributed by atoms with Gasteiger partial charge in [0.05, 0.1) is 0 Å². The van der Waals surface area contributed by atoms with Crippen LogP contribution in [0.15, 0.2) is 12.3 Å². The van der Waals surface area contributed by atoms with Crippen LogP contribution >= 0.6 is 0 Å². The van der Waals surface area contributed by atoms with Crippen LogP contribution in [0.1, 0.15) is 52.1 Å². The molecule has 1 heterocycles. The minimum atomic E-state index is 0.481. The third kappa shape index (κ3) is 3.56. The van der Waals surface area contributed by atoms with Crippen LogP contribution in [0.5, 0.6) is 0 Å². The van der Waals surface area contributed by atoms with Crippen molar-refractivity contribution in [3.8, 4) is 0 Å². The van der Waals surface area contributed by atoms with Crippen molar-refractivity contribution in [1.29, 1.82) is 0 Å². The van der Waals surface area contributed by atoms with Crippen LogP contribution in [-0.2, 0) is 6.54 Å². The molecule has 1 aromatic heterocycles. The van der Waals surface area contributed by atoms with Crippen LogP contribution in [-0.4, -0.2) is 16.2 Å².